The monoisotopic (exact) mass is 464 g/mol. The van der Waals surface area contributed by atoms with Crippen LogP contribution in [0.2, 0.25) is 0 Å². The SMILES string of the molecule is CC(C)(C(=O)[C@H]1CC[C@H]2[C@@H]3CC[C@H]4C[C@](C)(O)CC[C@]4(C)[C@H]3CC[C@]12C)n1[nH]c2ccccc21. The Balaban J connectivity index is 1.26. The van der Waals surface area contributed by atoms with E-state index in [9.17, 15) is 9.90 Å². The molecular weight excluding hydrogens is 420 g/mol. The maximum atomic E-state index is 14.2. The predicted molar refractivity (Wildman–Crippen MR) is 136 cm³/mol. The first-order valence-corrected chi connectivity index (χ1v) is 13.9. The third-order valence-electron chi connectivity index (χ3n) is 11.8. The number of H-pyrrole nitrogens is 1. The average Bonchev–Trinajstić information content (AvgIpc) is 3.11. The number of carbonyl (C=O) groups excluding carboxylic acids is 1. The number of aromatic amines is 1. The quantitative estimate of drug-likeness (QED) is 0.532. The number of fused-ring (bicyclic) bond motifs is 6. The number of hydrogen-bond donors (Lipinski definition) is 2. The van der Waals surface area contributed by atoms with E-state index in [1.807, 2.05) is 6.07 Å². The largest absolute Gasteiger partial charge is 0.390 e. The van der Waals surface area contributed by atoms with Crippen LogP contribution in [-0.2, 0) is 10.3 Å². The minimum atomic E-state index is -0.549. The zero-order valence-electron chi connectivity index (χ0n) is 21.9. The minimum absolute atomic E-state index is 0.128. The Morgan fingerprint density at radius 2 is 1.71 bits per heavy atom. The van der Waals surface area contributed by atoms with E-state index in [1.165, 1.54) is 38.5 Å². The van der Waals surface area contributed by atoms with E-state index < -0.39 is 11.1 Å². The van der Waals surface area contributed by atoms with E-state index in [2.05, 4.69) is 62.6 Å². The fourth-order valence-electron chi connectivity index (χ4n) is 9.73. The molecular formula is C30H44N2O2. The number of rotatable bonds is 3. The van der Waals surface area contributed by atoms with Crippen molar-refractivity contribution < 1.29 is 9.90 Å². The number of ketones is 1. The summed E-state index contributed by atoms with van der Waals surface area (Å²) in [6, 6.07) is 8.30. The second kappa shape index (κ2) is 7.24. The molecule has 4 nitrogen and oxygen atoms in total. The van der Waals surface area contributed by atoms with Crippen molar-refractivity contribution in [3.05, 3.63) is 24.3 Å². The first kappa shape index (κ1) is 22.9. The third kappa shape index (κ3) is 3.02. The Kier molecular flexibility index (Phi) is 4.88. The molecule has 0 amide bonds. The van der Waals surface area contributed by atoms with Crippen LogP contribution < -0.4 is 0 Å². The van der Waals surface area contributed by atoms with Crippen LogP contribution in [-0.4, -0.2) is 26.3 Å². The number of aromatic nitrogens is 2. The smallest absolute Gasteiger partial charge is 0.163 e. The zero-order valence-corrected chi connectivity index (χ0v) is 21.9. The van der Waals surface area contributed by atoms with E-state index in [1.54, 1.807) is 0 Å². The summed E-state index contributed by atoms with van der Waals surface area (Å²) < 4.78 is 2.10. The Hall–Kier alpha value is -1.55. The van der Waals surface area contributed by atoms with E-state index in [4.69, 9.17) is 0 Å². The van der Waals surface area contributed by atoms with Crippen LogP contribution >= 0.6 is 0 Å². The highest BCUT2D eigenvalue weighted by Gasteiger charge is 2.62. The lowest BCUT2D eigenvalue weighted by Gasteiger charge is -2.62. The van der Waals surface area contributed by atoms with Gasteiger partial charge in [0.15, 0.2) is 5.78 Å². The van der Waals surface area contributed by atoms with Crippen LogP contribution in [0.4, 0.5) is 0 Å². The number of nitrogens with zero attached hydrogens (tertiary/aromatic N) is 1. The molecule has 0 saturated heterocycles. The molecule has 2 N–H and O–H groups in total. The first-order chi connectivity index (χ1) is 16.0. The van der Waals surface area contributed by atoms with Crippen molar-refractivity contribution in [1.29, 1.82) is 0 Å². The van der Waals surface area contributed by atoms with Gasteiger partial charge < -0.3 is 5.11 Å². The molecule has 0 radical (unpaired) electrons. The van der Waals surface area contributed by atoms with Crippen LogP contribution in [0.1, 0.15) is 92.4 Å². The average molecular weight is 465 g/mol. The normalized spacial score (nSPS) is 44.5. The van der Waals surface area contributed by atoms with Gasteiger partial charge in [-0.2, -0.15) is 0 Å². The van der Waals surface area contributed by atoms with Gasteiger partial charge in [0.05, 0.1) is 16.6 Å². The number of Topliss-reactive ketones (excluding diaryl/α,β-unsaturated/α-hetero) is 1. The fourth-order valence-corrected chi connectivity index (χ4v) is 9.73. The van der Waals surface area contributed by atoms with E-state index in [0.717, 1.165) is 42.1 Å². The molecule has 8 atom stereocenters. The predicted octanol–water partition coefficient (Wildman–Crippen LogP) is 6.68. The van der Waals surface area contributed by atoms with Gasteiger partial charge in [0.1, 0.15) is 5.54 Å². The number of para-hydroxylation sites is 2. The summed E-state index contributed by atoms with van der Waals surface area (Å²) in [4.78, 5) is 14.2. The van der Waals surface area contributed by atoms with Crippen LogP contribution in [0.25, 0.3) is 11.0 Å². The van der Waals surface area contributed by atoms with Crippen molar-refractivity contribution in [2.75, 3.05) is 0 Å². The molecule has 0 unspecified atom stereocenters. The van der Waals surface area contributed by atoms with Gasteiger partial charge in [-0.3, -0.25) is 14.6 Å². The van der Waals surface area contributed by atoms with Gasteiger partial charge in [-0.05, 0) is 125 Å². The van der Waals surface area contributed by atoms with Gasteiger partial charge in [-0.15, -0.1) is 0 Å². The standard InChI is InChI=1S/C30H44N2O2/c1-27(2,32-25-9-7-6-8-24(25)31-32)26(33)23-13-12-21-20-11-10-19-18-28(3,34)16-17-29(19,4)22(20)14-15-30(21,23)5/h6-9,19-23,31,34H,10-18H2,1-5H3/t19-,20-,21-,22-,23+,28+,29-,30-/m0/s1. The molecule has 1 aromatic carbocycles. The molecule has 0 spiro atoms. The van der Waals surface area contributed by atoms with E-state index in [0.29, 0.717) is 23.0 Å². The summed E-state index contributed by atoms with van der Waals surface area (Å²) in [6.07, 6.45) is 10.4. The zero-order chi connectivity index (χ0) is 24.1. The number of hydrogen-bond acceptors (Lipinski definition) is 2. The van der Waals surface area contributed by atoms with Crippen molar-refractivity contribution in [1.82, 2.24) is 9.78 Å². The lowest BCUT2D eigenvalue weighted by Crippen LogP contribution is -2.56. The van der Waals surface area contributed by atoms with Crippen molar-refractivity contribution in [3.8, 4) is 0 Å². The Morgan fingerprint density at radius 3 is 2.47 bits per heavy atom. The third-order valence-corrected chi connectivity index (χ3v) is 11.8. The highest BCUT2D eigenvalue weighted by Crippen LogP contribution is 2.68. The summed E-state index contributed by atoms with van der Waals surface area (Å²) in [5.41, 5.74) is 1.74. The summed E-state index contributed by atoms with van der Waals surface area (Å²) in [6.45, 7) is 11.3. The maximum Gasteiger partial charge on any atom is 0.163 e. The Labute approximate surface area is 204 Å². The fraction of sp³-hybridized carbons (Fsp3) is 0.767. The molecule has 0 aliphatic heterocycles. The van der Waals surface area contributed by atoms with E-state index in [-0.39, 0.29) is 11.3 Å². The summed E-state index contributed by atoms with van der Waals surface area (Å²) >= 11 is 0. The van der Waals surface area contributed by atoms with Crippen LogP contribution in [0.3, 0.4) is 0 Å². The molecule has 1 aromatic heterocycles. The molecule has 4 aliphatic carbocycles. The molecule has 1 heterocycles. The summed E-state index contributed by atoms with van der Waals surface area (Å²) in [5.74, 6) is 3.44. The lowest BCUT2D eigenvalue weighted by molar-refractivity contribution is -0.153. The molecule has 4 saturated carbocycles. The molecule has 2 aromatic rings. The molecule has 6 rings (SSSR count). The van der Waals surface area contributed by atoms with Gasteiger partial charge in [0.2, 0.25) is 0 Å². The van der Waals surface area contributed by atoms with Crippen molar-refractivity contribution in [3.63, 3.8) is 0 Å². The molecule has 0 bridgehead atoms. The number of benzene rings is 1. The van der Waals surface area contributed by atoms with Crippen LogP contribution in [0.5, 0.6) is 0 Å². The molecule has 186 valence electrons. The topological polar surface area (TPSA) is 58.0 Å². The van der Waals surface area contributed by atoms with Crippen molar-refractivity contribution >= 4 is 16.8 Å². The second-order valence-corrected chi connectivity index (χ2v) is 13.9. The molecule has 4 heteroatoms. The van der Waals surface area contributed by atoms with Gasteiger partial charge in [0, 0.05) is 5.92 Å². The molecule has 4 fully saturated rings. The molecule has 4 aliphatic rings. The highest BCUT2D eigenvalue weighted by molar-refractivity contribution is 5.91. The van der Waals surface area contributed by atoms with Gasteiger partial charge in [-0.1, -0.05) is 26.0 Å². The van der Waals surface area contributed by atoms with Crippen molar-refractivity contribution in [2.45, 2.75) is 104 Å². The number of carbonyl (C=O) groups is 1. The lowest BCUT2D eigenvalue weighted by atomic mass is 9.44. The Bertz CT molecular complexity index is 1110. The van der Waals surface area contributed by atoms with Crippen molar-refractivity contribution in [2.24, 2.45) is 40.4 Å². The maximum absolute atomic E-state index is 14.2. The summed E-state index contributed by atoms with van der Waals surface area (Å²) in [5, 5.41) is 14.2. The second-order valence-electron chi connectivity index (χ2n) is 13.9. The van der Waals surface area contributed by atoms with Gasteiger partial charge >= 0.3 is 0 Å². The van der Waals surface area contributed by atoms with Crippen LogP contribution in [0, 0.1) is 40.4 Å². The minimum Gasteiger partial charge on any atom is -0.390 e. The highest BCUT2D eigenvalue weighted by atomic mass is 16.3. The van der Waals surface area contributed by atoms with E-state index >= 15 is 0 Å². The number of nitrogens with one attached hydrogen (secondary N) is 1. The molecule has 34 heavy (non-hydrogen) atoms. The van der Waals surface area contributed by atoms with Gasteiger partial charge in [0.25, 0.3) is 0 Å². The van der Waals surface area contributed by atoms with Crippen LogP contribution in [0.15, 0.2) is 24.3 Å². The summed E-state index contributed by atoms with van der Waals surface area (Å²) in [7, 11) is 0. The first-order valence-electron chi connectivity index (χ1n) is 13.9. The Morgan fingerprint density at radius 1 is 0.971 bits per heavy atom. The van der Waals surface area contributed by atoms with Gasteiger partial charge in [-0.25, -0.2) is 0 Å². The number of aliphatic hydroxyl groups is 1.